The summed E-state index contributed by atoms with van der Waals surface area (Å²) < 4.78 is 16.2. The molecule has 0 aromatic heterocycles. The van der Waals surface area contributed by atoms with E-state index < -0.39 is 5.97 Å². The smallest absolute Gasteiger partial charge is 0.341 e. The molecule has 7 heteroatoms. The van der Waals surface area contributed by atoms with E-state index in [0.29, 0.717) is 28.4 Å². The Bertz CT molecular complexity index is 862. The Morgan fingerprint density at radius 1 is 0.893 bits per heavy atom. The SMILES string of the molecule is COC(=O)c1ccc(NC(=O)c2ccc(N)cc2OC(C)C)cc1OC(C)C. The van der Waals surface area contributed by atoms with Crippen LogP contribution in [-0.2, 0) is 4.74 Å². The Labute approximate surface area is 164 Å². The van der Waals surface area contributed by atoms with E-state index in [1.54, 1.807) is 36.4 Å². The second kappa shape index (κ2) is 9.12. The fourth-order valence-corrected chi connectivity index (χ4v) is 2.51. The van der Waals surface area contributed by atoms with E-state index in [9.17, 15) is 9.59 Å². The van der Waals surface area contributed by atoms with Crippen LogP contribution in [0.1, 0.15) is 48.4 Å². The number of hydrogen-bond donors (Lipinski definition) is 2. The number of rotatable bonds is 7. The fourth-order valence-electron chi connectivity index (χ4n) is 2.51. The second-order valence-corrected chi connectivity index (χ2v) is 6.75. The van der Waals surface area contributed by atoms with Crippen molar-refractivity contribution in [3.8, 4) is 11.5 Å². The van der Waals surface area contributed by atoms with Crippen LogP contribution in [0, 0.1) is 0 Å². The zero-order valence-corrected chi connectivity index (χ0v) is 16.7. The molecule has 7 nitrogen and oxygen atoms in total. The third-order valence-corrected chi connectivity index (χ3v) is 3.62. The standard InChI is InChI=1S/C21H26N2O5/c1-12(2)27-18-10-14(22)6-8-16(18)20(24)23-15-7-9-17(21(25)26-5)19(11-15)28-13(3)4/h6-13H,22H2,1-5H3,(H,23,24). The van der Waals surface area contributed by atoms with Gasteiger partial charge in [-0.1, -0.05) is 0 Å². The topological polar surface area (TPSA) is 99.9 Å². The number of hydrogen-bond acceptors (Lipinski definition) is 6. The van der Waals surface area contributed by atoms with Crippen LogP contribution in [0.4, 0.5) is 11.4 Å². The van der Waals surface area contributed by atoms with Gasteiger partial charge in [0, 0.05) is 23.5 Å². The van der Waals surface area contributed by atoms with E-state index in [1.807, 2.05) is 27.7 Å². The van der Waals surface area contributed by atoms with Gasteiger partial charge in [0.15, 0.2) is 0 Å². The first-order valence-electron chi connectivity index (χ1n) is 8.97. The molecule has 2 rings (SSSR count). The fraction of sp³-hybridized carbons (Fsp3) is 0.333. The highest BCUT2D eigenvalue weighted by molar-refractivity contribution is 6.07. The van der Waals surface area contributed by atoms with Crippen molar-refractivity contribution in [2.75, 3.05) is 18.2 Å². The van der Waals surface area contributed by atoms with Crippen LogP contribution in [-0.4, -0.2) is 31.2 Å². The molecule has 0 fully saturated rings. The maximum atomic E-state index is 12.8. The molecule has 0 saturated carbocycles. The third-order valence-electron chi connectivity index (χ3n) is 3.62. The number of nitrogen functional groups attached to an aromatic ring is 1. The summed E-state index contributed by atoms with van der Waals surface area (Å²) in [5.41, 5.74) is 7.42. The van der Waals surface area contributed by atoms with Crippen molar-refractivity contribution in [1.82, 2.24) is 0 Å². The molecule has 0 saturated heterocycles. The van der Waals surface area contributed by atoms with Crippen molar-refractivity contribution in [3.05, 3.63) is 47.5 Å². The summed E-state index contributed by atoms with van der Waals surface area (Å²) in [6.07, 6.45) is -0.267. The number of nitrogens with one attached hydrogen (secondary N) is 1. The molecule has 150 valence electrons. The normalized spacial score (nSPS) is 10.7. The molecule has 3 N–H and O–H groups in total. The molecule has 0 aliphatic heterocycles. The van der Waals surface area contributed by atoms with Gasteiger partial charge in [0.1, 0.15) is 17.1 Å². The molecule has 0 aliphatic rings. The minimum absolute atomic E-state index is 0.112. The van der Waals surface area contributed by atoms with Crippen molar-refractivity contribution in [1.29, 1.82) is 0 Å². The molecule has 0 spiro atoms. The van der Waals surface area contributed by atoms with Gasteiger partial charge in [-0.05, 0) is 52.0 Å². The maximum absolute atomic E-state index is 12.8. The second-order valence-electron chi connectivity index (χ2n) is 6.75. The summed E-state index contributed by atoms with van der Waals surface area (Å²) >= 11 is 0. The Balaban J connectivity index is 2.32. The number of nitrogens with two attached hydrogens (primary N) is 1. The van der Waals surface area contributed by atoms with Gasteiger partial charge in [-0.15, -0.1) is 0 Å². The first-order valence-corrected chi connectivity index (χ1v) is 8.97. The number of ether oxygens (including phenoxy) is 3. The molecule has 0 atom stereocenters. The molecular formula is C21H26N2O5. The Kier molecular flexibility index (Phi) is 6.87. The Hall–Kier alpha value is -3.22. The summed E-state index contributed by atoms with van der Waals surface area (Å²) in [5.74, 6) is -0.149. The average Bonchev–Trinajstić information content (AvgIpc) is 2.60. The zero-order valence-electron chi connectivity index (χ0n) is 16.7. The number of anilines is 2. The van der Waals surface area contributed by atoms with Gasteiger partial charge in [0.05, 0.1) is 24.9 Å². The van der Waals surface area contributed by atoms with E-state index in [-0.39, 0.29) is 23.7 Å². The van der Waals surface area contributed by atoms with Crippen molar-refractivity contribution >= 4 is 23.3 Å². The molecule has 28 heavy (non-hydrogen) atoms. The minimum atomic E-state index is -0.514. The van der Waals surface area contributed by atoms with E-state index in [0.717, 1.165) is 0 Å². The summed E-state index contributed by atoms with van der Waals surface area (Å²) in [6, 6.07) is 9.60. The van der Waals surface area contributed by atoms with Gasteiger partial charge < -0.3 is 25.3 Å². The van der Waals surface area contributed by atoms with Crippen LogP contribution < -0.4 is 20.5 Å². The molecule has 2 aromatic rings. The van der Waals surface area contributed by atoms with Gasteiger partial charge in [0.2, 0.25) is 0 Å². The lowest BCUT2D eigenvalue weighted by Crippen LogP contribution is -2.17. The largest absolute Gasteiger partial charge is 0.490 e. The minimum Gasteiger partial charge on any atom is -0.490 e. The van der Waals surface area contributed by atoms with Gasteiger partial charge in [0.25, 0.3) is 5.91 Å². The highest BCUT2D eigenvalue weighted by atomic mass is 16.5. The number of carbonyl (C=O) groups excluding carboxylic acids is 2. The van der Waals surface area contributed by atoms with Crippen molar-refractivity contribution in [2.45, 2.75) is 39.9 Å². The van der Waals surface area contributed by atoms with Gasteiger partial charge in [-0.2, -0.15) is 0 Å². The monoisotopic (exact) mass is 386 g/mol. The van der Waals surface area contributed by atoms with Crippen LogP contribution in [0.5, 0.6) is 11.5 Å². The van der Waals surface area contributed by atoms with E-state index >= 15 is 0 Å². The maximum Gasteiger partial charge on any atom is 0.341 e. The van der Waals surface area contributed by atoms with Crippen LogP contribution in [0.2, 0.25) is 0 Å². The van der Waals surface area contributed by atoms with Gasteiger partial charge in [-0.3, -0.25) is 4.79 Å². The zero-order chi connectivity index (χ0) is 20.8. The summed E-state index contributed by atoms with van der Waals surface area (Å²) in [5, 5.41) is 2.80. The Morgan fingerprint density at radius 3 is 2.04 bits per heavy atom. The van der Waals surface area contributed by atoms with Crippen molar-refractivity contribution in [2.24, 2.45) is 0 Å². The molecule has 0 radical (unpaired) electrons. The van der Waals surface area contributed by atoms with Crippen LogP contribution in [0.3, 0.4) is 0 Å². The van der Waals surface area contributed by atoms with Gasteiger partial charge >= 0.3 is 5.97 Å². The molecule has 2 aromatic carbocycles. The first-order chi connectivity index (χ1) is 13.2. The number of methoxy groups -OCH3 is 1. The molecule has 1 amide bonds. The first kappa shape index (κ1) is 21.1. The number of benzene rings is 2. The summed E-state index contributed by atoms with van der Waals surface area (Å²) in [6.45, 7) is 7.42. The predicted octanol–water partition coefficient (Wildman–Crippen LogP) is 3.88. The third kappa shape index (κ3) is 5.39. The molecular weight excluding hydrogens is 360 g/mol. The highest BCUT2D eigenvalue weighted by Gasteiger charge is 2.18. The Morgan fingerprint density at radius 2 is 1.46 bits per heavy atom. The van der Waals surface area contributed by atoms with Crippen molar-refractivity contribution in [3.63, 3.8) is 0 Å². The quantitative estimate of drug-likeness (QED) is 0.553. The highest BCUT2D eigenvalue weighted by Crippen LogP contribution is 2.28. The lowest BCUT2D eigenvalue weighted by molar-refractivity contribution is 0.0594. The average molecular weight is 386 g/mol. The van der Waals surface area contributed by atoms with Crippen molar-refractivity contribution < 1.29 is 23.8 Å². The predicted molar refractivity (Wildman–Crippen MR) is 108 cm³/mol. The lowest BCUT2D eigenvalue weighted by atomic mass is 10.1. The summed E-state index contributed by atoms with van der Waals surface area (Å²) in [7, 11) is 1.30. The van der Waals surface area contributed by atoms with E-state index in [4.69, 9.17) is 19.9 Å². The number of amides is 1. The number of carbonyl (C=O) groups is 2. The number of esters is 1. The lowest BCUT2D eigenvalue weighted by Gasteiger charge is -2.16. The van der Waals surface area contributed by atoms with E-state index in [2.05, 4.69) is 5.32 Å². The molecule has 0 aliphatic carbocycles. The van der Waals surface area contributed by atoms with Crippen LogP contribution in [0.15, 0.2) is 36.4 Å². The van der Waals surface area contributed by atoms with Crippen LogP contribution >= 0.6 is 0 Å². The summed E-state index contributed by atoms with van der Waals surface area (Å²) in [4.78, 5) is 24.7. The molecule has 0 heterocycles. The molecule has 0 unspecified atom stereocenters. The van der Waals surface area contributed by atoms with Gasteiger partial charge in [-0.25, -0.2) is 4.79 Å². The van der Waals surface area contributed by atoms with E-state index in [1.165, 1.54) is 7.11 Å². The molecule has 0 bridgehead atoms. The van der Waals surface area contributed by atoms with Crippen LogP contribution in [0.25, 0.3) is 0 Å².